The molecule has 1 saturated heterocycles. The van der Waals surface area contributed by atoms with Gasteiger partial charge in [-0.05, 0) is 23.5 Å². The molecule has 3 atom stereocenters. The van der Waals surface area contributed by atoms with Gasteiger partial charge in [0.25, 0.3) is 0 Å². The van der Waals surface area contributed by atoms with Crippen molar-refractivity contribution in [3.63, 3.8) is 0 Å². The third kappa shape index (κ3) is 6.78. The Labute approximate surface area is 217 Å². The molecule has 0 aliphatic carbocycles. The molecule has 0 saturated carbocycles. The molecular formula is C27H38N4O4S. The summed E-state index contributed by atoms with van der Waals surface area (Å²) < 4.78 is 0. The van der Waals surface area contributed by atoms with E-state index in [2.05, 4.69) is 15.6 Å². The maximum atomic E-state index is 13.5. The Morgan fingerprint density at radius 3 is 2.42 bits per heavy atom. The molecule has 3 rings (SSSR count). The second kappa shape index (κ2) is 11.6. The molecule has 1 aromatic carbocycles. The second-order valence-electron chi connectivity index (χ2n) is 10.9. The molecule has 2 aromatic rings. The highest BCUT2D eigenvalue weighted by molar-refractivity contribution is 7.13. The highest BCUT2D eigenvalue weighted by Gasteiger charge is 2.44. The van der Waals surface area contributed by atoms with Crippen LogP contribution in [0.3, 0.4) is 0 Å². The number of aryl methyl sites for hydroxylation is 1. The lowest BCUT2D eigenvalue weighted by Gasteiger charge is -2.35. The number of benzene rings is 1. The van der Waals surface area contributed by atoms with Crippen LogP contribution in [0, 0.1) is 18.3 Å². The number of amides is 2. The smallest absolute Gasteiger partial charge is 0.246 e. The normalized spacial score (nSPS) is 18.9. The molecule has 0 radical (unpaired) electrons. The number of β-amino-alcohol motifs (C(OH)–C–C–N with tert-alkyl or cyclic N) is 1. The summed E-state index contributed by atoms with van der Waals surface area (Å²) in [5.41, 5.74) is 4.44. The highest BCUT2D eigenvalue weighted by Crippen LogP contribution is 2.28. The predicted octanol–water partition coefficient (Wildman–Crippen LogP) is 2.93. The fourth-order valence-corrected chi connectivity index (χ4v) is 5.10. The number of carbonyl (C=O) groups is 3. The molecule has 2 amide bonds. The summed E-state index contributed by atoms with van der Waals surface area (Å²) in [4.78, 5) is 45.8. The molecule has 0 spiro atoms. The van der Waals surface area contributed by atoms with Crippen LogP contribution in [-0.2, 0) is 20.9 Å². The fourth-order valence-electron chi connectivity index (χ4n) is 4.29. The molecule has 196 valence electrons. The van der Waals surface area contributed by atoms with Crippen molar-refractivity contribution in [2.24, 2.45) is 11.3 Å². The molecule has 1 aliphatic heterocycles. The summed E-state index contributed by atoms with van der Waals surface area (Å²) in [6.45, 7) is 11.8. The molecule has 3 N–H and O–H groups in total. The third-order valence-corrected chi connectivity index (χ3v) is 7.43. The van der Waals surface area contributed by atoms with Crippen molar-refractivity contribution in [3.05, 3.63) is 41.0 Å². The van der Waals surface area contributed by atoms with Crippen LogP contribution in [0.4, 0.5) is 0 Å². The lowest BCUT2D eigenvalue weighted by molar-refractivity contribution is -0.143. The number of ketones is 1. The first-order valence-electron chi connectivity index (χ1n) is 12.4. The van der Waals surface area contributed by atoms with E-state index in [0.29, 0.717) is 6.54 Å². The van der Waals surface area contributed by atoms with Gasteiger partial charge in [0.15, 0.2) is 5.78 Å². The number of aliphatic hydroxyl groups is 1. The van der Waals surface area contributed by atoms with Crippen LogP contribution in [0.2, 0.25) is 0 Å². The number of aliphatic hydroxyl groups excluding tert-OH is 1. The number of Topliss-reactive ketones (excluding diaryl/α,β-unsaturated/α-hetero) is 1. The summed E-state index contributed by atoms with van der Waals surface area (Å²) in [5, 5.41) is 16.3. The van der Waals surface area contributed by atoms with Crippen molar-refractivity contribution in [3.8, 4) is 10.4 Å². The molecule has 2 heterocycles. The van der Waals surface area contributed by atoms with E-state index < -0.39 is 23.6 Å². The number of likely N-dealkylation sites (tertiary alicyclic amines) is 1. The van der Waals surface area contributed by atoms with Crippen LogP contribution in [0.15, 0.2) is 29.8 Å². The topological polar surface area (TPSA) is 112 Å². The number of nitrogens with one attached hydrogen (secondary N) is 2. The Morgan fingerprint density at radius 2 is 1.86 bits per heavy atom. The number of thiazole rings is 1. The van der Waals surface area contributed by atoms with Crippen LogP contribution >= 0.6 is 11.3 Å². The first-order chi connectivity index (χ1) is 16.9. The standard InChI is InChI=1S/C27H38N4O4S/c1-16(2)25(34)30-24(27(4,5)6)26(35)31-14-20(32)11-21(31)22(33)13-28-12-18-7-9-19(10-8-18)23-17(3)29-15-36-23/h7-10,15-16,20-21,24,28,32H,11-14H2,1-6H3,(H,30,34)/t20-,21+,24-/m1/s1. The van der Waals surface area contributed by atoms with Crippen molar-refractivity contribution in [1.29, 1.82) is 0 Å². The Bertz CT molecular complexity index is 1070. The van der Waals surface area contributed by atoms with Crippen LogP contribution in [0.1, 0.15) is 52.3 Å². The molecule has 8 nitrogen and oxygen atoms in total. The van der Waals surface area contributed by atoms with Crippen molar-refractivity contribution in [1.82, 2.24) is 20.5 Å². The molecular weight excluding hydrogens is 476 g/mol. The minimum absolute atomic E-state index is 0.0788. The van der Waals surface area contributed by atoms with E-state index in [0.717, 1.165) is 21.7 Å². The van der Waals surface area contributed by atoms with Gasteiger partial charge in [0.1, 0.15) is 6.04 Å². The number of carbonyl (C=O) groups excluding carboxylic acids is 3. The molecule has 0 bridgehead atoms. The minimum Gasteiger partial charge on any atom is -0.391 e. The van der Waals surface area contributed by atoms with E-state index in [1.165, 1.54) is 4.90 Å². The van der Waals surface area contributed by atoms with Crippen LogP contribution < -0.4 is 10.6 Å². The van der Waals surface area contributed by atoms with Gasteiger partial charge in [0, 0.05) is 25.4 Å². The van der Waals surface area contributed by atoms with Crippen molar-refractivity contribution in [2.75, 3.05) is 13.1 Å². The van der Waals surface area contributed by atoms with E-state index in [4.69, 9.17) is 0 Å². The van der Waals surface area contributed by atoms with E-state index in [1.807, 2.05) is 57.5 Å². The van der Waals surface area contributed by atoms with E-state index in [9.17, 15) is 19.5 Å². The zero-order valence-electron chi connectivity index (χ0n) is 22.0. The van der Waals surface area contributed by atoms with E-state index >= 15 is 0 Å². The highest BCUT2D eigenvalue weighted by atomic mass is 32.1. The van der Waals surface area contributed by atoms with Crippen molar-refractivity contribution >= 4 is 28.9 Å². The van der Waals surface area contributed by atoms with Crippen LogP contribution in [-0.4, -0.2) is 63.9 Å². The number of rotatable bonds is 9. The minimum atomic E-state index is -0.790. The maximum Gasteiger partial charge on any atom is 0.246 e. The maximum absolute atomic E-state index is 13.5. The molecule has 1 fully saturated rings. The van der Waals surface area contributed by atoms with Gasteiger partial charge >= 0.3 is 0 Å². The van der Waals surface area contributed by atoms with Gasteiger partial charge in [-0.25, -0.2) is 4.98 Å². The van der Waals surface area contributed by atoms with Gasteiger partial charge < -0.3 is 20.6 Å². The van der Waals surface area contributed by atoms with Gasteiger partial charge in [0.2, 0.25) is 11.8 Å². The van der Waals surface area contributed by atoms with Crippen molar-refractivity contribution in [2.45, 2.75) is 72.7 Å². The second-order valence-corrected chi connectivity index (χ2v) is 11.7. The van der Waals surface area contributed by atoms with Crippen LogP contribution in [0.25, 0.3) is 10.4 Å². The SMILES string of the molecule is Cc1ncsc1-c1ccc(CNCC(=O)[C@@H]2C[C@@H](O)CN2C(=O)[C@@H](NC(=O)C(C)C)C(C)(C)C)cc1. The number of hydrogen-bond acceptors (Lipinski definition) is 7. The molecule has 1 aliphatic rings. The molecule has 0 unspecified atom stereocenters. The van der Waals surface area contributed by atoms with Gasteiger partial charge in [0.05, 0.1) is 34.8 Å². The largest absolute Gasteiger partial charge is 0.391 e. The van der Waals surface area contributed by atoms with Crippen LogP contribution in [0.5, 0.6) is 0 Å². The predicted molar refractivity (Wildman–Crippen MR) is 141 cm³/mol. The average Bonchev–Trinajstić information content (AvgIpc) is 3.41. The Balaban J connectivity index is 1.62. The fraction of sp³-hybridized carbons (Fsp3) is 0.556. The van der Waals surface area contributed by atoms with Gasteiger partial charge in [-0.2, -0.15) is 0 Å². The number of nitrogens with zero attached hydrogens (tertiary/aromatic N) is 2. The summed E-state index contributed by atoms with van der Waals surface area (Å²) in [6.07, 6.45) is -0.573. The lowest BCUT2D eigenvalue weighted by Crippen LogP contribution is -2.57. The number of aromatic nitrogens is 1. The Morgan fingerprint density at radius 1 is 1.19 bits per heavy atom. The van der Waals surface area contributed by atoms with Gasteiger partial charge in [-0.15, -0.1) is 11.3 Å². The first-order valence-corrected chi connectivity index (χ1v) is 13.3. The zero-order chi connectivity index (χ0) is 26.6. The molecule has 1 aromatic heterocycles. The summed E-state index contributed by atoms with van der Waals surface area (Å²) in [7, 11) is 0. The zero-order valence-corrected chi connectivity index (χ0v) is 22.8. The summed E-state index contributed by atoms with van der Waals surface area (Å²) >= 11 is 1.61. The number of hydrogen-bond donors (Lipinski definition) is 3. The summed E-state index contributed by atoms with van der Waals surface area (Å²) in [5.74, 6) is -0.974. The van der Waals surface area contributed by atoms with Crippen molar-refractivity contribution < 1.29 is 19.5 Å². The molecule has 9 heteroatoms. The molecule has 36 heavy (non-hydrogen) atoms. The van der Waals surface area contributed by atoms with E-state index in [1.54, 1.807) is 25.2 Å². The Hall–Kier alpha value is -2.62. The quantitative estimate of drug-likeness (QED) is 0.475. The Kier molecular flexibility index (Phi) is 9.03. The first kappa shape index (κ1) is 28.0. The van der Waals surface area contributed by atoms with Gasteiger partial charge in [-0.1, -0.05) is 58.9 Å². The third-order valence-electron chi connectivity index (χ3n) is 6.45. The summed E-state index contributed by atoms with van der Waals surface area (Å²) in [6, 6.07) is 6.62. The lowest BCUT2D eigenvalue weighted by atomic mass is 9.85. The average molecular weight is 515 g/mol. The van der Waals surface area contributed by atoms with Gasteiger partial charge in [-0.3, -0.25) is 14.4 Å². The van der Waals surface area contributed by atoms with E-state index in [-0.39, 0.29) is 43.0 Å². The monoisotopic (exact) mass is 514 g/mol.